The van der Waals surface area contributed by atoms with Crippen molar-refractivity contribution in [1.29, 1.82) is 5.26 Å². The number of benzene rings is 1. The Hall–Kier alpha value is -1.82. The molecule has 19 heavy (non-hydrogen) atoms. The number of anilines is 1. The second kappa shape index (κ2) is 6.38. The maximum Gasteiger partial charge on any atom is 0.229 e. The van der Waals surface area contributed by atoms with Crippen LogP contribution in [0, 0.1) is 17.2 Å². The fourth-order valence-corrected chi connectivity index (χ4v) is 2.69. The highest BCUT2D eigenvalue weighted by Crippen LogP contribution is 2.26. The third-order valence-electron chi connectivity index (χ3n) is 3.92. The van der Waals surface area contributed by atoms with Crippen molar-refractivity contribution in [3.8, 4) is 6.07 Å². The van der Waals surface area contributed by atoms with E-state index in [1.54, 1.807) is 17.0 Å². The van der Waals surface area contributed by atoms with Gasteiger partial charge in [0.1, 0.15) is 0 Å². The van der Waals surface area contributed by atoms with Crippen LogP contribution >= 0.6 is 0 Å². The third-order valence-corrected chi connectivity index (χ3v) is 3.92. The summed E-state index contributed by atoms with van der Waals surface area (Å²) in [4.78, 5) is 14.2. The van der Waals surface area contributed by atoms with E-state index < -0.39 is 0 Å². The second-order valence-electron chi connectivity index (χ2n) is 5.24. The lowest BCUT2D eigenvalue weighted by molar-refractivity contribution is -0.122. The molecule has 1 saturated carbocycles. The molecule has 0 radical (unpaired) electrons. The minimum Gasteiger partial charge on any atom is -0.315 e. The molecule has 0 aromatic heterocycles. The van der Waals surface area contributed by atoms with Crippen molar-refractivity contribution in [2.45, 2.75) is 38.5 Å². The Morgan fingerprint density at radius 3 is 2.26 bits per heavy atom. The number of nitrogens with zero attached hydrogens (tertiary/aromatic N) is 2. The zero-order chi connectivity index (χ0) is 13.7. The SMILES string of the molecule is CN(C(=O)C1CCCCCC1)c1ccc(C#N)cc1. The van der Waals surface area contributed by atoms with Gasteiger partial charge in [0.25, 0.3) is 0 Å². The maximum absolute atomic E-state index is 12.5. The lowest BCUT2D eigenvalue weighted by Gasteiger charge is -2.23. The van der Waals surface area contributed by atoms with Crippen LogP contribution in [0.4, 0.5) is 5.69 Å². The molecule has 3 heteroatoms. The summed E-state index contributed by atoms with van der Waals surface area (Å²) in [5.41, 5.74) is 1.49. The first-order valence-corrected chi connectivity index (χ1v) is 7.00. The van der Waals surface area contributed by atoms with Crippen LogP contribution in [0.3, 0.4) is 0 Å². The van der Waals surface area contributed by atoms with Gasteiger partial charge in [-0.2, -0.15) is 5.26 Å². The van der Waals surface area contributed by atoms with Crippen LogP contribution in [-0.2, 0) is 4.79 Å². The fraction of sp³-hybridized carbons (Fsp3) is 0.500. The van der Waals surface area contributed by atoms with E-state index in [1.807, 2.05) is 19.2 Å². The summed E-state index contributed by atoms with van der Waals surface area (Å²) in [6, 6.07) is 9.28. The number of amides is 1. The largest absolute Gasteiger partial charge is 0.315 e. The van der Waals surface area contributed by atoms with Gasteiger partial charge in [0, 0.05) is 18.7 Å². The number of rotatable bonds is 2. The Morgan fingerprint density at radius 1 is 1.16 bits per heavy atom. The summed E-state index contributed by atoms with van der Waals surface area (Å²) in [6.07, 6.45) is 6.86. The lowest BCUT2D eigenvalue weighted by Crippen LogP contribution is -2.32. The topological polar surface area (TPSA) is 44.1 Å². The number of carbonyl (C=O) groups is 1. The van der Waals surface area contributed by atoms with Gasteiger partial charge < -0.3 is 4.90 Å². The van der Waals surface area contributed by atoms with E-state index in [1.165, 1.54) is 12.8 Å². The second-order valence-corrected chi connectivity index (χ2v) is 5.24. The van der Waals surface area contributed by atoms with Gasteiger partial charge in [0.05, 0.1) is 11.6 Å². The Bertz CT molecular complexity index is 465. The van der Waals surface area contributed by atoms with Gasteiger partial charge in [0.15, 0.2) is 0 Å². The molecule has 1 amide bonds. The predicted octanol–water partition coefficient (Wildman–Crippen LogP) is 3.49. The molecule has 100 valence electrons. The summed E-state index contributed by atoms with van der Waals surface area (Å²) in [6.45, 7) is 0. The van der Waals surface area contributed by atoms with E-state index in [2.05, 4.69) is 6.07 Å². The van der Waals surface area contributed by atoms with Crippen LogP contribution in [-0.4, -0.2) is 13.0 Å². The molecular weight excluding hydrogens is 236 g/mol. The number of carbonyl (C=O) groups excluding carboxylic acids is 1. The Morgan fingerprint density at radius 2 is 1.74 bits per heavy atom. The van der Waals surface area contributed by atoms with Crippen LogP contribution in [0.1, 0.15) is 44.1 Å². The summed E-state index contributed by atoms with van der Waals surface area (Å²) in [5.74, 6) is 0.384. The monoisotopic (exact) mass is 256 g/mol. The molecule has 0 heterocycles. The molecule has 1 fully saturated rings. The summed E-state index contributed by atoms with van der Waals surface area (Å²) >= 11 is 0. The van der Waals surface area contributed by atoms with E-state index in [4.69, 9.17) is 5.26 Å². The predicted molar refractivity (Wildman–Crippen MR) is 75.8 cm³/mol. The zero-order valence-electron chi connectivity index (χ0n) is 11.4. The molecule has 0 saturated heterocycles. The van der Waals surface area contributed by atoms with Gasteiger partial charge in [-0.05, 0) is 37.1 Å². The van der Waals surface area contributed by atoms with Crippen molar-refractivity contribution in [2.24, 2.45) is 5.92 Å². The first-order valence-electron chi connectivity index (χ1n) is 7.00. The summed E-state index contributed by atoms with van der Waals surface area (Å²) in [7, 11) is 1.83. The van der Waals surface area contributed by atoms with Crippen molar-refractivity contribution in [3.63, 3.8) is 0 Å². The highest BCUT2D eigenvalue weighted by Gasteiger charge is 2.23. The number of hydrogen-bond acceptors (Lipinski definition) is 2. The Labute approximate surface area is 114 Å². The molecule has 2 rings (SSSR count). The molecule has 1 aliphatic carbocycles. The van der Waals surface area contributed by atoms with E-state index in [-0.39, 0.29) is 11.8 Å². The van der Waals surface area contributed by atoms with Crippen LogP contribution in [0.15, 0.2) is 24.3 Å². The average molecular weight is 256 g/mol. The first kappa shape index (κ1) is 13.6. The van der Waals surface area contributed by atoms with Crippen LogP contribution in [0.5, 0.6) is 0 Å². The van der Waals surface area contributed by atoms with Gasteiger partial charge in [-0.1, -0.05) is 25.7 Å². The van der Waals surface area contributed by atoms with Gasteiger partial charge in [-0.25, -0.2) is 0 Å². The molecule has 0 N–H and O–H groups in total. The fourth-order valence-electron chi connectivity index (χ4n) is 2.69. The smallest absolute Gasteiger partial charge is 0.229 e. The average Bonchev–Trinajstić information content (AvgIpc) is 2.75. The van der Waals surface area contributed by atoms with Gasteiger partial charge >= 0.3 is 0 Å². The third kappa shape index (κ3) is 3.35. The van der Waals surface area contributed by atoms with Crippen LogP contribution in [0.2, 0.25) is 0 Å². The Balaban J connectivity index is 2.06. The quantitative estimate of drug-likeness (QED) is 0.760. The van der Waals surface area contributed by atoms with Crippen molar-refractivity contribution in [3.05, 3.63) is 29.8 Å². The van der Waals surface area contributed by atoms with Gasteiger partial charge in [0.2, 0.25) is 5.91 Å². The molecule has 3 nitrogen and oxygen atoms in total. The minimum absolute atomic E-state index is 0.170. The van der Waals surface area contributed by atoms with Crippen LogP contribution in [0.25, 0.3) is 0 Å². The first-order chi connectivity index (χ1) is 9.22. The highest BCUT2D eigenvalue weighted by atomic mass is 16.2. The molecule has 0 spiro atoms. The number of hydrogen-bond donors (Lipinski definition) is 0. The van der Waals surface area contributed by atoms with E-state index in [9.17, 15) is 4.79 Å². The standard InChI is InChI=1S/C16H20N2O/c1-18(15-10-8-13(12-17)9-11-15)16(19)14-6-4-2-3-5-7-14/h8-11,14H,2-7H2,1H3. The number of nitriles is 1. The molecule has 1 aromatic rings. The molecule has 0 atom stereocenters. The van der Waals surface area contributed by atoms with E-state index >= 15 is 0 Å². The van der Waals surface area contributed by atoms with Crippen molar-refractivity contribution in [2.75, 3.05) is 11.9 Å². The summed E-state index contributed by atoms with van der Waals surface area (Å²) < 4.78 is 0. The maximum atomic E-state index is 12.5. The Kier molecular flexibility index (Phi) is 4.57. The molecule has 0 unspecified atom stereocenters. The molecule has 1 aliphatic rings. The highest BCUT2D eigenvalue weighted by molar-refractivity contribution is 5.94. The zero-order valence-corrected chi connectivity index (χ0v) is 11.4. The van der Waals surface area contributed by atoms with Gasteiger partial charge in [-0.3, -0.25) is 4.79 Å². The molecule has 0 aliphatic heterocycles. The van der Waals surface area contributed by atoms with Crippen LogP contribution < -0.4 is 4.90 Å². The minimum atomic E-state index is 0.170. The van der Waals surface area contributed by atoms with Crippen molar-refractivity contribution in [1.82, 2.24) is 0 Å². The van der Waals surface area contributed by atoms with E-state index in [0.29, 0.717) is 5.56 Å². The normalized spacial score (nSPS) is 16.4. The van der Waals surface area contributed by atoms with Crippen molar-refractivity contribution < 1.29 is 4.79 Å². The van der Waals surface area contributed by atoms with Gasteiger partial charge in [-0.15, -0.1) is 0 Å². The molecular formula is C16H20N2O. The molecule has 1 aromatic carbocycles. The van der Waals surface area contributed by atoms with E-state index in [0.717, 1.165) is 31.4 Å². The lowest BCUT2D eigenvalue weighted by atomic mass is 9.98. The molecule has 0 bridgehead atoms. The van der Waals surface area contributed by atoms with Crippen molar-refractivity contribution >= 4 is 11.6 Å². The summed E-state index contributed by atoms with van der Waals surface area (Å²) in [5, 5.41) is 8.78.